The summed E-state index contributed by atoms with van der Waals surface area (Å²) in [4.78, 5) is 29.2. The third-order valence-electron chi connectivity index (χ3n) is 5.17. The number of rotatable bonds is 6. The number of benzene rings is 1. The molecular formula is C22H25N5O2S. The molecule has 4 rings (SSSR count). The maximum Gasteiger partial charge on any atom is 0.229 e. The Morgan fingerprint density at radius 3 is 2.57 bits per heavy atom. The van der Waals surface area contributed by atoms with Gasteiger partial charge in [0.2, 0.25) is 11.9 Å². The van der Waals surface area contributed by atoms with E-state index >= 15 is 0 Å². The van der Waals surface area contributed by atoms with Crippen molar-refractivity contribution in [2.45, 2.75) is 26.7 Å². The van der Waals surface area contributed by atoms with Gasteiger partial charge < -0.3 is 15.0 Å². The Bertz CT molecular complexity index is 983. The highest BCUT2D eigenvalue weighted by atomic mass is 32.1. The molecule has 0 unspecified atom stereocenters. The van der Waals surface area contributed by atoms with E-state index in [4.69, 9.17) is 4.74 Å². The average Bonchev–Trinajstić information content (AvgIpc) is 3.15. The topological polar surface area (TPSA) is 80.2 Å². The predicted molar refractivity (Wildman–Crippen MR) is 119 cm³/mol. The zero-order valence-electron chi connectivity index (χ0n) is 17.2. The molecule has 3 heterocycles. The van der Waals surface area contributed by atoms with Crippen molar-refractivity contribution in [3.8, 4) is 17.0 Å². The molecule has 0 radical (unpaired) electrons. The van der Waals surface area contributed by atoms with Crippen molar-refractivity contribution >= 4 is 28.3 Å². The zero-order chi connectivity index (χ0) is 20.9. The van der Waals surface area contributed by atoms with Gasteiger partial charge in [-0.15, -0.1) is 11.3 Å². The van der Waals surface area contributed by atoms with Gasteiger partial charge in [-0.1, -0.05) is 0 Å². The minimum absolute atomic E-state index is 0.0249. The molecule has 0 saturated carbocycles. The maximum atomic E-state index is 12.8. The first-order chi connectivity index (χ1) is 14.6. The van der Waals surface area contributed by atoms with Crippen molar-refractivity contribution < 1.29 is 9.53 Å². The number of aryl methyl sites for hydroxylation is 1. The van der Waals surface area contributed by atoms with Crippen LogP contribution in [0.2, 0.25) is 0 Å². The molecule has 1 fully saturated rings. The Kier molecular flexibility index (Phi) is 6.23. The van der Waals surface area contributed by atoms with Gasteiger partial charge in [-0.05, 0) is 57.0 Å². The van der Waals surface area contributed by atoms with Crippen LogP contribution in [-0.4, -0.2) is 40.6 Å². The van der Waals surface area contributed by atoms with Crippen molar-refractivity contribution in [3.63, 3.8) is 0 Å². The minimum Gasteiger partial charge on any atom is -0.494 e. The summed E-state index contributed by atoms with van der Waals surface area (Å²) in [5.41, 5.74) is 1.92. The number of amides is 1. The Hall–Kier alpha value is -3.00. The molecule has 1 aliphatic heterocycles. The van der Waals surface area contributed by atoms with Crippen LogP contribution in [0.3, 0.4) is 0 Å². The van der Waals surface area contributed by atoms with Crippen LogP contribution < -0.4 is 15.0 Å². The highest BCUT2D eigenvalue weighted by molar-refractivity contribution is 7.16. The van der Waals surface area contributed by atoms with E-state index in [-0.39, 0.29) is 11.8 Å². The lowest BCUT2D eigenvalue weighted by molar-refractivity contribution is -0.120. The van der Waals surface area contributed by atoms with Gasteiger partial charge in [0.15, 0.2) is 5.13 Å². The van der Waals surface area contributed by atoms with Gasteiger partial charge in [0.05, 0.1) is 12.3 Å². The van der Waals surface area contributed by atoms with Crippen LogP contribution in [0.5, 0.6) is 5.75 Å². The van der Waals surface area contributed by atoms with Crippen LogP contribution in [0.4, 0.5) is 11.1 Å². The van der Waals surface area contributed by atoms with Gasteiger partial charge in [-0.2, -0.15) is 0 Å². The quantitative estimate of drug-likeness (QED) is 0.641. The van der Waals surface area contributed by atoms with Crippen LogP contribution in [0.25, 0.3) is 11.3 Å². The number of piperidine rings is 1. The van der Waals surface area contributed by atoms with E-state index in [9.17, 15) is 4.79 Å². The molecule has 7 nitrogen and oxygen atoms in total. The predicted octanol–water partition coefficient (Wildman–Crippen LogP) is 4.16. The van der Waals surface area contributed by atoms with Gasteiger partial charge in [0, 0.05) is 41.8 Å². The second-order valence-electron chi connectivity index (χ2n) is 7.18. The third-order valence-corrected chi connectivity index (χ3v) is 6.05. The number of nitrogens with one attached hydrogen (secondary N) is 1. The average molecular weight is 424 g/mol. The van der Waals surface area contributed by atoms with Crippen LogP contribution in [0.15, 0.2) is 42.7 Å². The first-order valence-corrected chi connectivity index (χ1v) is 11.0. The lowest BCUT2D eigenvalue weighted by Gasteiger charge is -2.30. The number of thiazole rings is 1. The third kappa shape index (κ3) is 4.59. The standard InChI is InChI=1S/C22H25N5O2S/c1-3-29-18-7-5-16(6-8-18)19-15(2)30-22(25-19)26-20(28)17-9-13-27(14-10-17)21-23-11-4-12-24-21/h4-8,11-12,17H,3,9-10,13-14H2,1-2H3,(H,25,26,28). The van der Waals surface area contributed by atoms with Crippen LogP contribution >= 0.6 is 11.3 Å². The Balaban J connectivity index is 1.37. The molecule has 0 atom stereocenters. The number of anilines is 2. The summed E-state index contributed by atoms with van der Waals surface area (Å²) in [7, 11) is 0. The summed E-state index contributed by atoms with van der Waals surface area (Å²) >= 11 is 1.51. The van der Waals surface area contributed by atoms with Gasteiger partial charge in [-0.3, -0.25) is 4.79 Å². The summed E-state index contributed by atoms with van der Waals surface area (Å²) < 4.78 is 5.50. The summed E-state index contributed by atoms with van der Waals surface area (Å²) in [6.07, 6.45) is 5.04. The van der Waals surface area contributed by atoms with E-state index in [1.54, 1.807) is 18.5 Å². The molecule has 1 aromatic carbocycles. The van der Waals surface area contributed by atoms with Crippen LogP contribution in [-0.2, 0) is 4.79 Å². The summed E-state index contributed by atoms with van der Waals surface area (Å²) in [6.45, 7) is 6.18. The van der Waals surface area contributed by atoms with Gasteiger partial charge in [0.1, 0.15) is 5.75 Å². The van der Waals surface area contributed by atoms with Crippen molar-refractivity contribution in [1.29, 1.82) is 0 Å². The first kappa shape index (κ1) is 20.3. The number of carbonyl (C=O) groups is 1. The van der Waals surface area contributed by atoms with E-state index in [2.05, 4.69) is 25.2 Å². The smallest absolute Gasteiger partial charge is 0.229 e. The Morgan fingerprint density at radius 1 is 1.20 bits per heavy atom. The van der Waals surface area contributed by atoms with Crippen molar-refractivity contribution in [1.82, 2.24) is 15.0 Å². The fraction of sp³-hybridized carbons (Fsp3) is 0.364. The normalized spacial score (nSPS) is 14.5. The number of aromatic nitrogens is 3. The molecule has 0 aliphatic carbocycles. The van der Waals surface area contributed by atoms with Crippen molar-refractivity contribution in [2.24, 2.45) is 5.92 Å². The van der Waals surface area contributed by atoms with E-state index in [1.165, 1.54) is 11.3 Å². The van der Waals surface area contributed by atoms with E-state index in [1.807, 2.05) is 38.1 Å². The monoisotopic (exact) mass is 423 g/mol. The van der Waals surface area contributed by atoms with Crippen molar-refractivity contribution in [3.05, 3.63) is 47.6 Å². The second-order valence-corrected chi connectivity index (χ2v) is 8.38. The molecule has 1 amide bonds. The van der Waals surface area contributed by atoms with E-state index in [0.29, 0.717) is 11.7 Å². The number of hydrogen-bond donors (Lipinski definition) is 1. The molecule has 1 saturated heterocycles. The SMILES string of the molecule is CCOc1ccc(-c2nc(NC(=O)C3CCN(c4ncccn4)CC3)sc2C)cc1. The fourth-order valence-corrected chi connectivity index (χ4v) is 4.44. The molecule has 0 spiro atoms. The van der Waals surface area contributed by atoms with E-state index in [0.717, 1.165) is 53.8 Å². The number of ether oxygens (including phenoxy) is 1. The summed E-state index contributed by atoms with van der Waals surface area (Å²) in [5.74, 6) is 1.58. The van der Waals surface area contributed by atoms with Gasteiger partial charge in [-0.25, -0.2) is 15.0 Å². The molecular weight excluding hydrogens is 398 g/mol. The summed E-state index contributed by atoms with van der Waals surface area (Å²) in [5, 5.41) is 3.67. The molecule has 3 aromatic rings. The zero-order valence-corrected chi connectivity index (χ0v) is 18.0. The molecule has 1 N–H and O–H groups in total. The maximum absolute atomic E-state index is 12.8. The highest BCUT2D eigenvalue weighted by Gasteiger charge is 2.27. The number of nitrogens with zero attached hydrogens (tertiary/aromatic N) is 4. The molecule has 2 aromatic heterocycles. The fourth-order valence-electron chi connectivity index (χ4n) is 3.60. The van der Waals surface area contributed by atoms with Crippen molar-refractivity contribution in [2.75, 3.05) is 29.9 Å². The number of carbonyl (C=O) groups excluding carboxylic acids is 1. The Labute approximate surface area is 180 Å². The molecule has 30 heavy (non-hydrogen) atoms. The molecule has 0 bridgehead atoms. The lowest BCUT2D eigenvalue weighted by atomic mass is 9.96. The molecule has 156 valence electrons. The highest BCUT2D eigenvalue weighted by Crippen LogP contribution is 2.32. The minimum atomic E-state index is -0.0249. The van der Waals surface area contributed by atoms with E-state index < -0.39 is 0 Å². The first-order valence-electron chi connectivity index (χ1n) is 10.2. The van der Waals surface area contributed by atoms with Gasteiger partial charge >= 0.3 is 0 Å². The summed E-state index contributed by atoms with van der Waals surface area (Å²) in [6, 6.07) is 9.70. The van der Waals surface area contributed by atoms with Crippen LogP contribution in [0.1, 0.15) is 24.6 Å². The Morgan fingerprint density at radius 2 is 1.90 bits per heavy atom. The van der Waals surface area contributed by atoms with Gasteiger partial charge in [0.25, 0.3) is 0 Å². The second kappa shape index (κ2) is 9.21. The lowest BCUT2D eigenvalue weighted by Crippen LogP contribution is -2.38. The molecule has 8 heteroatoms. The largest absolute Gasteiger partial charge is 0.494 e. The molecule has 1 aliphatic rings. The van der Waals surface area contributed by atoms with Crippen LogP contribution in [0, 0.1) is 12.8 Å². The number of hydrogen-bond acceptors (Lipinski definition) is 7.